The van der Waals surface area contributed by atoms with Crippen LogP contribution in [0.5, 0.6) is 5.75 Å². The SMILES string of the molecule is CC.CC.CC(=O)c1cc(C)cc(C)c1O. The zero-order valence-corrected chi connectivity index (χ0v) is 11.5. The van der Waals surface area contributed by atoms with Gasteiger partial charge in [-0.05, 0) is 38.0 Å². The minimum atomic E-state index is -0.0979. The molecule has 16 heavy (non-hydrogen) atoms. The van der Waals surface area contributed by atoms with Crippen molar-refractivity contribution in [3.05, 3.63) is 28.8 Å². The topological polar surface area (TPSA) is 37.3 Å². The van der Waals surface area contributed by atoms with Crippen LogP contribution in [0.25, 0.3) is 0 Å². The number of carbonyl (C=O) groups is 1. The van der Waals surface area contributed by atoms with Crippen LogP contribution in [-0.2, 0) is 0 Å². The molecule has 0 bridgehead atoms. The maximum atomic E-state index is 11.0. The van der Waals surface area contributed by atoms with Gasteiger partial charge in [0.25, 0.3) is 0 Å². The third-order valence-electron chi connectivity index (χ3n) is 1.82. The lowest BCUT2D eigenvalue weighted by molar-refractivity contribution is 0.101. The van der Waals surface area contributed by atoms with Crippen molar-refractivity contribution in [2.45, 2.75) is 48.5 Å². The number of rotatable bonds is 1. The van der Waals surface area contributed by atoms with Crippen molar-refractivity contribution in [3.8, 4) is 5.75 Å². The summed E-state index contributed by atoms with van der Waals surface area (Å²) in [7, 11) is 0. The van der Waals surface area contributed by atoms with Gasteiger partial charge in [0.2, 0.25) is 0 Å². The molecule has 0 amide bonds. The van der Waals surface area contributed by atoms with Crippen molar-refractivity contribution >= 4 is 5.78 Å². The molecule has 92 valence electrons. The van der Waals surface area contributed by atoms with Gasteiger partial charge in [0.1, 0.15) is 5.75 Å². The van der Waals surface area contributed by atoms with E-state index in [1.807, 2.05) is 40.7 Å². The average molecular weight is 224 g/mol. The molecular weight excluding hydrogens is 200 g/mol. The Morgan fingerprint density at radius 1 is 1.06 bits per heavy atom. The molecule has 0 aliphatic heterocycles. The van der Waals surface area contributed by atoms with Crippen LogP contribution in [0.15, 0.2) is 12.1 Å². The monoisotopic (exact) mass is 224 g/mol. The molecule has 0 aromatic heterocycles. The Morgan fingerprint density at radius 2 is 1.50 bits per heavy atom. The van der Waals surface area contributed by atoms with Gasteiger partial charge >= 0.3 is 0 Å². The summed E-state index contributed by atoms with van der Waals surface area (Å²) >= 11 is 0. The van der Waals surface area contributed by atoms with Crippen molar-refractivity contribution in [3.63, 3.8) is 0 Å². The van der Waals surface area contributed by atoms with E-state index in [1.54, 1.807) is 13.0 Å². The minimum absolute atomic E-state index is 0.0979. The largest absolute Gasteiger partial charge is 0.507 e. The summed E-state index contributed by atoms with van der Waals surface area (Å²) in [6.07, 6.45) is 0. The van der Waals surface area contributed by atoms with Gasteiger partial charge in [-0.2, -0.15) is 0 Å². The second-order valence-electron chi connectivity index (χ2n) is 3.03. The van der Waals surface area contributed by atoms with Gasteiger partial charge in [0, 0.05) is 0 Å². The van der Waals surface area contributed by atoms with E-state index in [0.29, 0.717) is 5.56 Å². The van der Waals surface area contributed by atoms with Crippen LogP contribution in [0.3, 0.4) is 0 Å². The van der Waals surface area contributed by atoms with Crippen molar-refractivity contribution in [1.29, 1.82) is 0 Å². The lowest BCUT2D eigenvalue weighted by atomic mass is 10.0. The Hall–Kier alpha value is -1.31. The number of hydrogen-bond donors (Lipinski definition) is 1. The highest BCUT2D eigenvalue weighted by molar-refractivity contribution is 5.97. The van der Waals surface area contributed by atoms with Gasteiger partial charge in [-0.1, -0.05) is 33.8 Å². The fourth-order valence-electron chi connectivity index (χ4n) is 1.23. The smallest absolute Gasteiger partial charge is 0.163 e. The Morgan fingerprint density at radius 3 is 1.88 bits per heavy atom. The van der Waals surface area contributed by atoms with Crippen molar-refractivity contribution in [2.75, 3.05) is 0 Å². The highest BCUT2D eigenvalue weighted by Crippen LogP contribution is 2.23. The van der Waals surface area contributed by atoms with Crippen LogP contribution in [0, 0.1) is 13.8 Å². The summed E-state index contributed by atoms with van der Waals surface area (Å²) in [5, 5.41) is 9.47. The first-order chi connectivity index (χ1) is 7.52. The first-order valence-corrected chi connectivity index (χ1v) is 5.83. The fourth-order valence-corrected chi connectivity index (χ4v) is 1.23. The standard InChI is InChI=1S/C10H12O2.2C2H6/c1-6-4-7(2)10(12)9(5-6)8(3)11;2*1-2/h4-5,12H,1-3H3;2*1-2H3. The molecule has 2 heteroatoms. The molecule has 0 fully saturated rings. The van der Waals surface area contributed by atoms with Crippen LogP contribution < -0.4 is 0 Å². The molecule has 0 atom stereocenters. The number of aryl methyl sites for hydroxylation is 2. The Balaban J connectivity index is 0. The number of benzene rings is 1. The fraction of sp³-hybridized carbons (Fsp3) is 0.500. The molecule has 0 aliphatic rings. The van der Waals surface area contributed by atoms with Gasteiger partial charge in [-0.25, -0.2) is 0 Å². The van der Waals surface area contributed by atoms with E-state index in [9.17, 15) is 9.90 Å². The third-order valence-corrected chi connectivity index (χ3v) is 1.82. The van der Waals surface area contributed by atoms with E-state index in [1.165, 1.54) is 6.92 Å². The number of carbonyl (C=O) groups excluding carboxylic acids is 1. The summed E-state index contributed by atoms with van der Waals surface area (Å²) in [5.41, 5.74) is 2.16. The average Bonchev–Trinajstić information content (AvgIpc) is 2.28. The van der Waals surface area contributed by atoms with Gasteiger partial charge in [0.15, 0.2) is 5.78 Å². The summed E-state index contributed by atoms with van der Waals surface area (Å²) in [4.78, 5) is 11.0. The van der Waals surface area contributed by atoms with Gasteiger partial charge in [-0.15, -0.1) is 0 Å². The molecule has 0 aliphatic carbocycles. The molecule has 1 rings (SSSR count). The predicted molar refractivity (Wildman–Crippen MR) is 70.3 cm³/mol. The molecule has 1 aromatic carbocycles. The first kappa shape index (κ1) is 17.1. The van der Waals surface area contributed by atoms with Crippen LogP contribution in [0.4, 0.5) is 0 Å². The zero-order chi connectivity index (χ0) is 13.3. The molecule has 2 nitrogen and oxygen atoms in total. The molecule has 0 heterocycles. The van der Waals surface area contributed by atoms with Gasteiger partial charge < -0.3 is 5.11 Å². The third kappa shape index (κ3) is 4.96. The summed E-state index contributed by atoms with van der Waals surface area (Å²) in [6, 6.07) is 3.55. The van der Waals surface area contributed by atoms with Gasteiger partial charge in [-0.3, -0.25) is 4.79 Å². The molecular formula is C14H24O2. The maximum Gasteiger partial charge on any atom is 0.163 e. The molecule has 0 saturated carbocycles. The van der Waals surface area contributed by atoms with E-state index in [2.05, 4.69) is 0 Å². The zero-order valence-electron chi connectivity index (χ0n) is 11.5. The molecule has 0 radical (unpaired) electrons. The van der Waals surface area contributed by atoms with Gasteiger partial charge in [0.05, 0.1) is 5.56 Å². The van der Waals surface area contributed by atoms with Crippen molar-refractivity contribution in [1.82, 2.24) is 0 Å². The van der Waals surface area contributed by atoms with Crippen LogP contribution in [-0.4, -0.2) is 10.9 Å². The second kappa shape index (κ2) is 8.96. The Bertz CT molecular complexity index is 328. The van der Waals surface area contributed by atoms with E-state index in [0.717, 1.165) is 11.1 Å². The Kier molecular flexibility index (Phi) is 9.57. The lowest BCUT2D eigenvalue weighted by Crippen LogP contribution is -1.95. The van der Waals surface area contributed by atoms with E-state index >= 15 is 0 Å². The van der Waals surface area contributed by atoms with Crippen molar-refractivity contribution < 1.29 is 9.90 Å². The number of aromatic hydroxyl groups is 1. The predicted octanol–water partition coefficient (Wildman–Crippen LogP) is 4.26. The highest BCUT2D eigenvalue weighted by atomic mass is 16.3. The van der Waals surface area contributed by atoms with E-state index < -0.39 is 0 Å². The summed E-state index contributed by atoms with van der Waals surface area (Å²) < 4.78 is 0. The van der Waals surface area contributed by atoms with E-state index in [4.69, 9.17) is 0 Å². The minimum Gasteiger partial charge on any atom is -0.507 e. The molecule has 0 spiro atoms. The maximum absolute atomic E-state index is 11.0. The molecule has 1 N–H and O–H groups in total. The molecule has 0 unspecified atom stereocenters. The van der Waals surface area contributed by atoms with Crippen LogP contribution in [0.2, 0.25) is 0 Å². The number of phenolic OH excluding ortho intramolecular Hbond substituents is 1. The Labute approximate surface area is 99.3 Å². The lowest BCUT2D eigenvalue weighted by Gasteiger charge is -2.05. The van der Waals surface area contributed by atoms with Crippen molar-refractivity contribution in [2.24, 2.45) is 0 Å². The van der Waals surface area contributed by atoms with Crippen LogP contribution >= 0.6 is 0 Å². The number of hydrogen-bond acceptors (Lipinski definition) is 2. The first-order valence-electron chi connectivity index (χ1n) is 5.83. The number of ketones is 1. The summed E-state index contributed by atoms with van der Waals surface area (Å²) in [6.45, 7) is 13.1. The number of Topliss-reactive ketones (excluding diaryl/α,β-unsaturated/α-hetero) is 1. The second-order valence-corrected chi connectivity index (χ2v) is 3.03. The normalized spacial score (nSPS) is 8.19. The quantitative estimate of drug-likeness (QED) is 0.723. The molecule has 1 aromatic rings. The molecule has 0 saturated heterocycles. The highest BCUT2D eigenvalue weighted by Gasteiger charge is 2.08. The van der Waals surface area contributed by atoms with E-state index in [-0.39, 0.29) is 11.5 Å². The van der Waals surface area contributed by atoms with Crippen LogP contribution in [0.1, 0.15) is 56.1 Å². The summed E-state index contributed by atoms with van der Waals surface area (Å²) in [5.74, 6) is 0.00685. The number of phenols is 1.